The SMILES string of the molecule is COc1ncc(CNc2cccc3c2CCNC3=O)c(C)n1. The van der Waals surface area contributed by atoms with Crippen LogP contribution in [0.1, 0.15) is 27.2 Å². The third-order valence-corrected chi connectivity index (χ3v) is 3.79. The van der Waals surface area contributed by atoms with E-state index < -0.39 is 0 Å². The number of aromatic nitrogens is 2. The van der Waals surface area contributed by atoms with Gasteiger partial charge in [-0.2, -0.15) is 0 Å². The summed E-state index contributed by atoms with van der Waals surface area (Å²) in [7, 11) is 1.55. The van der Waals surface area contributed by atoms with Gasteiger partial charge in [0.15, 0.2) is 0 Å². The third kappa shape index (κ3) is 2.72. The fourth-order valence-electron chi connectivity index (χ4n) is 2.56. The summed E-state index contributed by atoms with van der Waals surface area (Å²) in [6.07, 6.45) is 2.60. The molecule has 0 atom stereocenters. The highest BCUT2D eigenvalue weighted by Crippen LogP contribution is 2.24. The van der Waals surface area contributed by atoms with E-state index in [-0.39, 0.29) is 5.91 Å². The van der Waals surface area contributed by atoms with Crippen molar-refractivity contribution in [3.05, 3.63) is 46.8 Å². The van der Waals surface area contributed by atoms with Crippen LogP contribution in [0.2, 0.25) is 0 Å². The Balaban J connectivity index is 1.80. The van der Waals surface area contributed by atoms with E-state index in [1.807, 2.05) is 25.1 Å². The van der Waals surface area contributed by atoms with Crippen molar-refractivity contribution >= 4 is 11.6 Å². The maximum atomic E-state index is 11.9. The molecule has 0 unspecified atom stereocenters. The lowest BCUT2D eigenvalue weighted by Gasteiger charge is -2.20. The van der Waals surface area contributed by atoms with Crippen molar-refractivity contribution in [2.24, 2.45) is 0 Å². The van der Waals surface area contributed by atoms with Crippen molar-refractivity contribution in [3.63, 3.8) is 0 Å². The lowest BCUT2D eigenvalue weighted by molar-refractivity contribution is 0.0946. The van der Waals surface area contributed by atoms with E-state index in [2.05, 4.69) is 20.6 Å². The predicted molar refractivity (Wildman–Crippen MR) is 83.1 cm³/mol. The molecule has 0 saturated carbocycles. The topological polar surface area (TPSA) is 76.1 Å². The van der Waals surface area contributed by atoms with Gasteiger partial charge in [0.05, 0.1) is 7.11 Å². The number of benzene rings is 1. The van der Waals surface area contributed by atoms with Crippen molar-refractivity contribution in [3.8, 4) is 6.01 Å². The Morgan fingerprint density at radius 1 is 1.41 bits per heavy atom. The number of amides is 1. The Labute approximate surface area is 128 Å². The zero-order valence-electron chi connectivity index (χ0n) is 12.6. The van der Waals surface area contributed by atoms with Crippen molar-refractivity contribution in [2.75, 3.05) is 19.0 Å². The lowest BCUT2D eigenvalue weighted by Crippen LogP contribution is -2.32. The molecular weight excluding hydrogens is 280 g/mol. The molecule has 1 aliphatic rings. The predicted octanol–water partition coefficient (Wildman–Crippen LogP) is 1.69. The molecular formula is C16H18N4O2. The number of aryl methyl sites for hydroxylation is 1. The first-order valence-electron chi connectivity index (χ1n) is 7.19. The van der Waals surface area contributed by atoms with Crippen LogP contribution >= 0.6 is 0 Å². The van der Waals surface area contributed by atoms with Crippen molar-refractivity contribution in [1.82, 2.24) is 15.3 Å². The van der Waals surface area contributed by atoms with Gasteiger partial charge in [0.1, 0.15) is 0 Å². The largest absolute Gasteiger partial charge is 0.467 e. The minimum absolute atomic E-state index is 0.00568. The zero-order valence-corrected chi connectivity index (χ0v) is 12.6. The highest BCUT2D eigenvalue weighted by Gasteiger charge is 2.18. The van der Waals surface area contributed by atoms with E-state index in [0.717, 1.165) is 34.5 Å². The van der Waals surface area contributed by atoms with Crippen LogP contribution < -0.4 is 15.4 Å². The summed E-state index contributed by atoms with van der Waals surface area (Å²) < 4.78 is 5.01. The Hall–Kier alpha value is -2.63. The molecule has 2 heterocycles. The molecule has 0 bridgehead atoms. The fraction of sp³-hybridized carbons (Fsp3) is 0.312. The average Bonchev–Trinajstić information content (AvgIpc) is 2.54. The molecule has 6 heteroatoms. The van der Waals surface area contributed by atoms with Crippen LogP contribution in [0.15, 0.2) is 24.4 Å². The Bertz CT molecular complexity index is 715. The molecule has 0 aliphatic carbocycles. The van der Waals surface area contributed by atoms with E-state index in [1.165, 1.54) is 0 Å². The maximum Gasteiger partial charge on any atom is 0.316 e. The van der Waals surface area contributed by atoms with Gasteiger partial charge in [-0.15, -0.1) is 0 Å². The summed E-state index contributed by atoms with van der Waals surface area (Å²) in [5.74, 6) is -0.00568. The highest BCUT2D eigenvalue weighted by molar-refractivity contribution is 5.98. The molecule has 114 valence electrons. The second-order valence-corrected chi connectivity index (χ2v) is 5.16. The first-order chi connectivity index (χ1) is 10.7. The molecule has 0 saturated heterocycles. The van der Waals surface area contributed by atoms with Gasteiger partial charge in [-0.05, 0) is 31.0 Å². The van der Waals surface area contributed by atoms with Gasteiger partial charge in [0.25, 0.3) is 5.91 Å². The van der Waals surface area contributed by atoms with E-state index in [1.54, 1.807) is 13.3 Å². The number of ether oxygens (including phenoxy) is 1. The molecule has 0 fully saturated rings. The molecule has 1 aliphatic heterocycles. The summed E-state index contributed by atoms with van der Waals surface area (Å²) in [5.41, 5.74) is 4.68. The quantitative estimate of drug-likeness (QED) is 0.898. The fourth-order valence-corrected chi connectivity index (χ4v) is 2.56. The molecule has 1 aromatic heterocycles. The van der Waals surface area contributed by atoms with Gasteiger partial charge < -0.3 is 15.4 Å². The van der Waals surface area contributed by atoms with Gasteiger partial charge in [0, 0.05) is 41.8 Å². The Morgan fingerprint density at radius 3 is 3.05 bits per heavy atom. The minimum atomic E-state index is -0.00568. The monoisotopic (exact) mass is 298 g/mol. The summed E-state index contributed by atoms with van der Waals surface area (Å²) in [5, 5.41) is 6.25. The Kier molecular flexibility index (Phi) is 3.91. The molecule has 2 aromatic rings. The van der Waals surface area contributed by atoms with E-state index >= 15 is 0 Å². The number of nitrogens with one attached hydrogen (secondary N) is 2. The number of hydrogen-bond acceptors (Lipinski definition) is 5. The van der Waals surface area contributed by atoms with E-state index in [9.17, 15) is 4.79 Å². The molecule has 2 N–H and O–H groups in total. The molecule has 0 radical (unpaired) electrons. The normalized spacial score (nSPS) is 13.3. The van der Waals surface area contributed by atoms with Crippen molar-refractivity contribution in [2.45, 2.75) is 19.9 Å². The van der Waals surface area contributed by atoms with Gasteiger partial charge in [0.2, 0.25) is 0 Å². The lowest BCUT2D eigenvalue weighted by atomic mass is 9.98. The molecule has 1 aromatic carbocycles. The summed E-state index contributed by atoms with van der Waals surface area (Å²) in [6.45, 7) is 3.21. The van der Waals surface area contributed by atoms with Crippen LogP contribution in [0.5, 0.6) is 6.01 Å². The second kappa shape index (κ2) is 6.01. The van der Waals surface area contributed by atoms with Crippen LogP contribution in [-0.4, -0.2) is 29.5 Å². The van der Waals surface area contributed by atoms with Gasteiger partial charge in [-0.3, -0.25) is 4.79 Å². The summed E-state index contributed by atoms with van der Waals surface area (Å²) in [4.78, 5) is 20.3. The molecule has 22 heavy (non-hydrogen) atoms. The average molecular weight is 298 g/mol. The van der Waals surface area contributed by atoms with Crippen LogP contribution in [0, 0.1) is 6.92 Å². The number of carbonyl (C=O) groups is 1. The summed E-state index contributed by atoms with van der Waals surface area (Å²) in [6, 6.07) is 6.12. The minimum Gasteiger partial charge on any atom is -0.467 e. The van der Waals surface area contributed by atoms with Crippen LogP contribution in [-0.2, 0) is 13.0 Å². The van der Waals surface area contributed by atoms with Gasteiger partial charge in [-0.25, -0.2) is 9.97 Å². The van der Waals surface area contributed by atoms with Crippen LogP contribution in [0.25, 0.3) is 0 Å². The first kappa shape index (κ1) is 14.3. The van der Waals surface area contributed by atoms with Crippen molar-refractivity contribution < 1.29 is 9.53 Å². The maximum absolute atomic E-state index is 11.9. The van der Waals surface area contributed by atoms with Crippen LogP contribution in [0.3, 0.4) is 0 Å². The van der Waals surface area contributed by atoms with E-state index in [0.29, 0.717) is 19.1 Å². The molecule has 0 spiro atoms. The highest BCUT2D eigenvalue weighted by atomic mass is 16.5. The van der Waals surface area contributed by atoms with Crippen LogP contribution in [0.4, 0.5) is 5.69 Å². The van der Waals surface area contributed by atoms with Gasteiger partial charge >= 0.3 is 6.01 Å². The zero-order chi connectivity index (χ0) is 15.5. The first-order valence-corrected chi connectivity index (χ1v) is 7.19. The second-order valence-electron chi connectivity index (χ2n) is 5.16. The summed E-state index contributed by atoms with van der Waals surface area (Å²) >= 11 is 0. The molecule has 6 nitrogen and oxygen atoms in total. The Morgan fingerprint density at radius 2 is 2.27 bits per heavy atom. The number of hydrogen-bond donors (Lipinski definition) is 2. The number of methoxy groups -OCH3 is 1. The number of carbonyl (C=O) groups excluding carboxylic acids is 1. The number of anilines is 1. The molecule has 3 rings (SSSR count). The molecule has 1 amide bonds. The number of rotatable bonds is 4. The standard InChI is InChI=1S/C16H18N4O2/c1-10-11(9-19-16(20-10)22-2)8-18-14-5-3-4-13-12(14)6-7-17-15(13)21/h3-5,9,18H,6-8H2,1-2H3,(H,17,21). The van der Waals surface area contributed by atoms with Gasteiger partial charge in [-0.1, -0.05) is 6.07 Å². The van der Waals surface area contributed by atoms with E-state index in [4.69, 9.17) is 4.74 Å². The number of nitrogens with zero attached hydrogens (tertiary/aromatic N) is 2. The smallest absolute Gasteiger partial charge is 0.316 e. The number of fused-ring (bicyclic) bond motifs is 1. The third-order valence-electron chi connectivity index (χ3n) is 3.79. The van der Waals surface area contributed by atoms with Crippen molar-refractivity contribution in [1.29, 1.82) is 0 Å².